The van der Waals surface area contributed by atoms with Crippen molar-refractivity contribution >= 4 is 30.0 Å². The van der Waals surface area contributed by atoms with Crippen molar-refractivity contribution in [3.05, 3.63) is 59.4 Å². The Bertz CT molecular complexity index is 1340. The molecule has 0 aliphatic heterocycles. The molecule has 0 saturated carbocycles. The van der Waals surface area contributed by atoms with E-state index in [0.29, 0.717) is 30.8 Å². The van der Waals surface area contributed by atoms with Gasteiger partial charge in [0.2, 0.25) is 0 Å². The number of pyridine rings is 1. The summed E-state index contributed by atoms with van der Waals surface area (Å²) in [6.07, 6.45) is 1.02. The van der Waals surface area contributed by atoms with Gasteiger partial charge in [-0.2, -0.15) is 0 Å². The number of rotatable bonds is 20. The summed E-state index contributed by atoms with van der Waals surface area (Å²) in [5.74, 6) is -5.19. The number of carbonyl (C=O) groups is 5. The Morgan fingerprint density at radius 2 is 1.49 bits per heavy atom. The molecule has 0 spiro atoms. The maximum atomic E-state index is 12.2. The fourth-order valence-electron chi connectivity index (χ4n) is 4.16. The zero-order valence-electron chi connectivity index (χ0n) is 27.7. The molecule has 0 bridgehead atoms. The van der Waals surface area contributed by atoms with Crippen molar-refractivity contribution in [1.29, 1.82) is 0 Å². The van der Waals surface area contributed by atoms with Crippen LogP contribution in [0.1, 0.15) is 63.3 Å². The first-order valence-electron chi connectivity index (χ1n) is 15.4. The highest BCUT2D eigenvalue weighted by molar-refractivity contribution is 5.81. The summed E-state index contributed by atoms with van der Waals surface area (Å²) in [5.41, 5.74) is 1.32. The monoisotopic (exact) mass is 697 g/mol. The number of nitrogens with one attached hydrogen (secondary N) is 2. The minimum Gasteiger partial charge on any atom is -0.491 e. The molecule has 1 unspecified atom stereocenters. The standard InChI is InChI=1S/C19H27FN2O6.C14H18FNO5/c1-19(2,3)28-18(27)22-15(17(25)26)10-13(16(23)24)9-14-7-6-12(11-21-14)5-4-8-20;15-7-8-21-11-3-1-10(2-4-11)9-16-12(14(19)20)5-6-13(17)18/h6-7,11,13,15H,4-5,8-10H2,1-3H3,(H,22,27)(H,23,24)(H,25,26);1-4,12,16H,5-9H2,(H,17,18)(H,19,20)/t13?,15-;12-/m00/s1. The first-order chi connectivity index (χ1) is 23.0. The van der Waals surface area contributed by atoms with Crippen LogP contribution in [0.25, 0.3) is 0 Å². The highest BCUT2D eigenvalue weighted by Crippen LogP contribution is 2.17. The summed E-state index contributed by atoms with van der Waals surface area (Å²) < 4.78 is 34.3. The Balaban J connectivity index is 0.000000510. The largest absolute Gasteiger partial charge is 0.491 e. The Kier molecular flexibility index (Phi) is 18.8. The Morgan fingerprint density at radius 1 is 0.857 bits per heavy atom. The maximum absolute atomic E-state index is 12.2. The maximum Gasteiger partial charge on any atom is 0.408 e. The third kappa shape index (κ3) is 18.9. The van der Waals surface area contributed by atoms with E-state index in [4.69, 9.17) is 19.7 Å². The quantitative estimate of drug-likeness (QED) is 0.115. The summed E-state index contributed by atoms with van der Waals surface area (Å²) >= 11 is 0. The van der Waals surface area contributed by atoms with Gasteiger partial charge in [0.15, 0.2) is 0 Å². The molecule has 6 N–H and O–H groups in total. The fraction of sp³-hybridized carbons (Fsp3) is 0.515. The Morgan fingerprint density at radius 3 is 1.98 bits per heavy atom. The highest BCUT2D eigenvalue weighted by Gasteiger charge is 2.30. The first kappa shape index (κ1) is 42.2. The van der Waals surface area contributed by atoms with Gasteiger partial charge in [-0.1, -0.05) is 18.2 Å². The lowest BCUT2D eigenvalue weighted by Gasteiger charge is -2.23. The van der Waals surface area contributed by atoms with Crippen molar-refractivity contribution in [2.45, 2.75) is 83.5 Å². The lowest BCUT2D eigenvalue weighted by atomic mass is 9.94. The van der Waals surface area contributed by atoms with Gasteiger partial charge in [-0.25, -0.2) is 14.0 Å². The van der Waals surface area contributed by atoms with Crippen LogP contribution in [0.15, 0.2) is 42.6 Å². The Labute approximate surface area is 282 Å². The average molecular weight is 698 g/mol. The number of halogens is 2. The molecule has 14 nitrogen and oxygen atoms in total. The summed E-state index contributed by atoms with van der Waals surface area (Å²) in [5, 5.41) is 41.3. The highest BCUT2D eigenvalue weighted by atomic mass is 19.1. The minimum atomic E-state index is -1.42. The summed E-state index contributed by atoms with van der Waals surface area (Å²) in [7, 11) is 0. The molecule has 0 radical (unpaired) electrons. The van der Waals surface area contributed by atoms with E-state index in [-0.39, 0.29) is 32.3 Å². The number of hydrogen-bond donors (Lipinski definition) is 6. The molecule has 3 atom stereocenters. The lowest BCUT2D eigenvalue weighted by Crippen LogP contribution is -2.45. The molecule has 0 aliphatic carbocycles. The lowest BCUT2D eigenvalue weighted by molar-refractivity contribution is -0.145. The van der Waals surface area contributed by atoms with Crippen LogP contribution >= 0.6 is 0 Å². The van der Waals surface area contributed by atoms with Crippen LogP contribution in [0.2, 0.25) is 0 Å². The van der Waals surface area contributed by atoms with Gasteiger partial charge in [-0.15, -0.1) is 0 Å². The van der Waals surface area contributed by atoms with Gasteiger partial charge in [0, 0.05) is 31.3 Å². The second-order valence-electron chi connectivity index (χ2n) is 11.8. The summed E-state index contributed by atoms with van der Waals surface area (Å²) in [4.78, 5) is 60.5. The van der Waals surface area contributed by atoms with Crippen molar-refractivity contribution in [3.8, 4) is 5.75 Å². The molecule has 49 heavy (non-hydrogen) atoms. The number of aromatic nitrogens is 1. The van der Waals surface area contributed by atoms with Crippen molar-refractivity contribution in [2.75, 3.05) is 20.0 Å². The number of carbonyl (C=O) groups excluding carboxylic acids is 1. The van der Waals surface area contributed by atoms with Crippen LogP contribution < -0.4 is 15.4 Å². The van der Waals surface area contributed by atoms with E-state index in [1.54, 1.807) is 63.4 Å². The molecule has 2 aromatic rings. The van der Waals surface area contributed by atoms with Crippen LogP contribution in [0.3, 0.4) is 0 Å². The number of alkyl carbamates (subject to hydrolysis) is 1. The molecule has 16 heteroatoms. The number of nitrogens with zero attached hydrogens (tertiary/aromatic N) is 1. The average Bonchev–Trinajstić information content (AvgIpc) is 3.02. The number of carboxylic acids is 4. The molecule has 2 rings (SSSR count). The molecule has 1 aromatic carbocycles. The minimum absolute atomic E-state index is 0.00149. The fourth-order valence-corrected chi connectivity index (χ4v) is 4.16. The second-order valence-corrected chi connectivity index (χ2v) is 11.8. The van der Waals surface area contributed by atoms with E-state index in [1.165, 1.54) is 0 Å². The van der Waals surface area contributed by atoms with Gasteiger partial charge in [-0.05, 0) is 75.8 Å². The number of carboxylic acid groups (broad SMARTS) is 4. The molecule has 0 saturated heterocycles. The molecule has 1 aromatic heterocycles. The predicted octanol–water partition coefficient (Wildman–Crippen LogP) is 4.04. The second kappa shape index (κ2) is 21.9. The van der Waals surface area contributed by atoms with Gasteiger partial charge in [0.25, 0.3) is 0 Å². The number of aliphatic carboxylic acids is 4. The number of aryl methyl sites for hydroxylation is 1. The third-order valence-corrected chi connectivity index (χ3v) is 6.57. The smallest absolute Gasteiger partial charge is 0.408 e. The normalized spacial score (nSPS) is 12.8. The van der Waals surface area contributed by atoms with E-state index in [0.717, 1.165) is 11.1 Å². The number of hydrogen-bond acceptors (Lipinski definition) is 9. The molecule has 0 aliphatic rings. The summed E-state index contributed by atoms with van der Waals surface area (Å²) in [6, 6.07) is 7.85. The van der Waals surface area contributed by atoms with Crippen molar-refractivity contribution in [2.24, 2.45) is 5.92 Å². The molecule has 1 amide bonds. The third-order valence-electron chi connectivity index (χ3n) is 6.57. The number of alkyl halides is 2. The zero-order valence-corrected chi connectivity index (χ0v) is 27.7. The van der Waals surface area contributed by atoms with Gasteiger partial charge < -0.3 is 40.5 Å². The topological polar surface area (TPSA) is 222 Å². The molecule has 272 valence electrons. The van der Waals surface area contributed by atoms with E-state index >= 15 is 0 Å². The van der Waals surface area contributed by atoms with Gasteiger partial charge in [-0.3, -0.25) is 23.8 Å². The van der Waals surface area contributed by atoms with Gasteiger partial charge in [0.1, 0.15) is 36.7 Å². The molecular weight excluding hydrogens is 652 g/mol. The first-order valence-corrected chi connectivity index (χ1v) is 15.4. The van der Waals surface area contributed by atoms with Crippen molar-refractivity contribution in [1.82, 2.24) is 15.6 Å². The van der Waals surface area contributed by atoms with E-state index < -0.39 is 66.9 Å². The van der Waals surface area contributed by atoms with Crippen LogP contribution in [0, 0.1) is 5.92 Å². The van der Waals surface area contributed by atoms with E-state index in [2.05, 4.69) is 15.6 Å². The Hall–Kier alpha value is -4.86. The van der Waals surface area contributed by atoms with Crippen LogP contribution in [-0.2, 0) is 43.3 Å². The van der Waals surface area contributed by atoms with Gasteiger partial charge >= 0.3 is 30.0 Å². The van der Waals surface area contributed by atoms with Crippen LogP contribution in [-0.4, -0.2) is 93.0 Å². The van der Waals surface area contributed by atoms with E-state index in [9.17, 15) is 43.0 Å². The molecular formula is C33H45F2N3O11. The number of benzene rings is 1. The molecule has 0 fully saturated rings. The van der Waals surface area contributed by atoms with Crippen molar-refractivity contribution in [3.63, 3.8) is 0 Å². The SMILES string of the molecule is CC(C)(C)OC(=O)N[C@@H](CC(Cc1ccc(CCCF)cn1)C(=O)O)C(=O)O.O=C(O)CC[C@H](NCc1ccc(OCCF)cc1)C(=O)O. The molecule has 1 heterocycles. The predicted molar refractivity (Wildman–Crippen MR) is 172 cm³/mol. The zero-order chi connectivity index (χ0) is 37.0. The van der Waals surface area contributed by atoms with E-state index in [1.807, 2.05) is 0 Å². The van der Waals surface area contributed by atoms with Crippen molar-refractivity contribution < 1.29 is 62.7 Å². The number of amides is 1. The number of ether oxygens (including phenoxy) is 2. The van der Waals surface area contributed by atoms with Gasteiger partial charge in [0.05, 0.1) is 12.6 Å². The van der Waals surface area contributed by atoms with Crippen LogP contribution in [0.5, 0.6) is 5.75 Å². The van der Waals surface area contributed by atoms with Crippen LogP contribution in [0.4, 0.5) is 13.6 Å². The summed E-state index contributed by atoms with van der Waals surface area (Å²) in [6.45, 7) is 4.19.